The molecule has 0 spiro atoms. The van der Waals surface area contributed by atoms with Crippen LogP contribution in [0.3, 0.4) is 0 Å². The van der Waals surface area contributed by atoms with Gasteiger partial charge in [0.25, 0.3) is 0 Å². The molecular weight excluding hydrogens is 163 g/mol. The maximum Gasteiger partial charge on any atom is 1.00 e. The van der Waals surface area contributed by atoms with Crippen LogP contribution in [0.15, 0.2) is 0 Å². The van der Waals surface area contributed by atoms with Crippen LogP contribution in [0.4, 0.5) is 0 Å². The van der Waals surface area contributed by atoms with E-state index in [1.54, 1.807) is 0 Å². The van der Waals surface area contributed by atoms with E-state index in [2.05, 4.69) is 17.0 Å². The van der Waals surface area contributed by atoms with Gasteiger partial charge in [0.2, 0.25) is 0 Å². The summed E-state index contributed by atoms with van der Waals surface area (Å²) < 4.78 is 4.48. The second-order valence-electron chi connectivity index (χ2n) is 1.95. The Hall–Kier alpha value is 1.33. The number of hydrogen-bond acceptors (Lipinski definition) is 3. The Morgan fingerprint density at radius 1 is 1.67 bits per heavy atom. The van der Waals surface area contributed by atoms with Gasteiger partial charge in [-0.1, -0.05) is 26.1 Å². The standard InChI is InChI=1S/C5H10O2S.K/c1-4(2)3-7-5(6)8;/h4H,3H2,1-2H3,(H,6,8);/q;+1/p-1. The van der Waals surface area contributed by atoms with E-state index in [1.165, 1.54) is 0 Å². The molecule has 0 aliphatic rings. The first-order chi connectivity index (χ1) is 3.63. The van der Waals surface area contributed by atoms with Gasteiger partial charge in [0.1, 0.15) is 5.24 Å². The van der Waals surface area contributed by atoms with E-state index in [0.29, 0.717) is 12.5 Å². The summed E-state index contributed by atoms with van der Waals surface area (Å²) in [6.07, 6.45) is 0. The largest absolute Gasteiger partial charge is 1.00 e. The molecule has 0 aromatic rings. The van der Waals surface area contributed by atoms with E-state index in [4.69, 9.17) is 0 Å². The SMILES string of the molecule is CC(C)COC([O-])=S.[K+]. The van der Waals surface area contributed by atoms with E-state index in [0.717, 1.165) is 0 Å². The summed E-state index contributed by atoms with van der Waals surface area (Å²) in [7, 11) is 0. The van der Waals surface area contributed by atoms with Crippen LogP contribution in [0.2, 0.25) is 0 Å². The molecule has 0 bridgehead atoms. The Balaban J connectivity index is 0. The molecule has 9 heavy (non-hydrogen) atoms. The van der Waals surface area contributed by atoms with E-state index in [1.807, 2.05) is 13.8 Å². The zero-order valence-corrected chi connectivity index (χ0v) is 9.95. The van der Waals surface area contributed by atoms with Crippen LogP contribution in [-0.2, 0) is 4.74 Å². The zero-order chi connectivity index (χ0) is 6.57. The Morgan fingerprint density at radius 3 is 2.22 bits per heavy atom. The minimum absolute atomic E-state index is 0. The van der Waals surface area contributed by atoms with Crippen LogP contribution in [0.1, 0.15) is 13.8 Å². The van der Waals surface area contributed by atoms with E-state index >= 15 is 0 Å². The topological polar surface area (TPSA) is 32.3 Å². The van der Waals surface area contributed by atoms with Crippen LogP contribution in [0, 0.1) is 5.92 Å². The van der Waals surface area contributed by atoms with Gasteiger partial charge in [-0.05, 0) is 12.5 Å². The van der Waals surface area contributed by atoms with Crippen molar-refractivity contribution in [1.82, 2.24) is 0 Å². The van der Waals surface area contributed by atoms with Crippen LogP contribution >= 0.6 is 12.2 Å². The molecule has 0 atom stereocenters. The average molecular weight is 172 g/mol. The molecule has 48 valence electrons. The fraction of sp³-hybridized carbons (Fsp3) is 0.800. The molecule has 0 unspecified atom stereocenters. The van der Waals surface area contributed by atoms with Crippen molar-refractivity contribution in [3.05, 3.63) is 0 Å². The minimum Gasteiger partial charge on any atom is -0.605 e. The maximum absolute atomic E-state index is 9.94. The van der Waals surface area contributed by atoms with Crippen LogP contribution in [0.5, 0.6) is 0 Å². The number of hydrogen-bond donors (Lipinski definition) is 0. The molecular formula is C5H9KO2S. The summed E-state index contributed by atoms with van der Waals surface area (Å²) >= 11 is 4.14. The van der Waals surface area contributed by atoms with Crippen molar-refractivity contribution in [2.24, 2.45) is 5.92 Å². The number of rotatable bonds is 2. The van der Waals surface area contributed by atoms with E-state index in [-0.39, 0.29) is 51.4 Å². The molecule has 0 N–H and O–H groups in total. The van der Waals surface area contributed by atoms with Crippen molar-refractivity contribution in [2.75, 3.05) is 6.61 Å². The monoisotopic (exact) mass is 172 g/mol. The first-order valence-corrected chi connectivity index (χ1v) is 2.87. The van der Waals surface area contributed by atoms with E-state index < -0.39 is 5.24 Å². The second-order valence-corrected chi connectivity index (χ2v) is 2.29. The van der Waals surface area contributed by atoms with Crippen molar-refractivity contribution in [1.29, 1.82) is 0 Å². The normalized spacial score (nSPS) is 8.33. The zero-order valence-electron chi connectivity index (χ0n) is 6.01. The van der Waals surface area contributed by atoms with E-state index in [9.17, 15) is 5.11 Å². The van der Waals surface area contributed by atoms with Gasteiger partial charge in [-0.2, -0.15) is 0 Å². The first-order valence-electron chi connectivity index (χ1n) is 2.46. The predicted octanol–water partition coefficient (Wildman–Crippen LogP) is -2.69. The van der Waals surface area contributed by atoms with Gasteiger partial charge >= 0.3 is 51.4 Å². The molecule has 0 rings (SSSR count). The molecule has 0 heterocycles. The second kappa shape index (κ2) is 7.43. The van der Waals surface area contributed by atoms with Crippen molar-refractivity contribution >= 4 is 17.5 Å². The molecule has 0 aliphatic carbocycles. The number of ether oxygens (including phenoxy) is 1. The Kier molecular flexibility index (Phi) is 10.7. The van der Waals surface area contributed by atoms with Crippen molar-refractivity contribution in [3.63, 3.8) is 0 Å². The Bertz CT molecular complexity index is 85.0. The summed E-state index contributed by atoms with van der Waals surface area (Å²) in [6.45, 7) is 4.35. The maximum atomic E-state index is 9.94. The first kappa shape index (κ1) is 13.0. The van der Waals surface area contributed by atoms with Gasteiger partial charge in [-0.25, -0.2) is 0 Å². The van der Waals surface area contributed by atoms with Gasteiger partial charge in [-0.3, -0.25) is 0 Å². The molecule has 0 saturated carbocycles. The fourth-order valence-corrected chi connectivity index (χ4v) is 0.303. The van der Waals surface area contributed by atoms with Crippen LogP contribution in [-0.4, -0.2) is 11.8 Å². The molecule has 0 radical (unpaired) electrons. The molecule has 4 heteroatoms. The van der Waals surface area contributed by atoms with Gasteiger partial charge in [-0.15, -0.1) is 0 Å². The predicted molar refractivity (Wildman–Crippen MR) is 33.4 cm³/mol. The van der Waals surface area contributed by atoms with Crippen LogP contribution in [0.25, 0.3) is 0 Å². The molecule has 0 saturated heterocycles. The van der Waals surface area contributed by atoms with Crippen molar-refractivity contribution in [3.8, 4) is 0 Å². The third kappa shape index (κ3) is 12.5. The van der Waals surface area contributed by atoms with Crippen LogP contribution < -0.4 is 56.5 Å². The van der Waals surface area contributed by atoms with Gasteiger partial charge in [0, 0.05) is 0 Å². The molecule has 2 nitrogen and oxygen atoms in total. The summed E-state index contributed by atoms with van der Waals surface area (Å²) in [5.74, 6) is 0.377. The summed E-state index contributed by atoms with van der Waals surface area (Å²) in [6, 6.07) is 0. The molecule has 0 fully saturated rings. The number of thiocarbonyl (C=S) groups is 1. The molecule has 0 aromatic heterocycles. The molecule has 0 amide bonds. The molecule has 0 aliphatic heterocycles. The van der Waals surface area contributed by atoms with Gasteiger partial charge in [0.05, 0.1) is 0 Å². The van der Waals surface area contributed by atoms with Gasteiger partial charge in [0.15, 0.2) is 0 Å². The summed E-state index contributed by atoms with van der Waals surface area (Å²) in [4.78, 5) is 0. The average Bonchev–Trinajstić information content (AvgIpc) is 1.61. The third-order valence-electron chi connectivity index (χ3n) is 0.535. The summed E-state index contributed by atoms with van der Waals surface area (Å²) in [5, 5.41) is 9.33. The molecule has 0 aromatic carbocycles. The Morgan fingerprint density at radius 2 is 2.11 bits per heavy atom. The van der Waals surface area contributed by atoms with Crippen molar-refractivity contribution in [2.45, 2.75) is 13.8 Å². The Labute approximate surface area is 103 Å². The van der Waals surface area contributed by atoms with Crippen molar-refractivity contribution < 1.29 is 61.2 Å². The fourth-order valence-electron chi connectivity index (χ4n) is 0.235. The quantitative estimate of drug-likeness (QED) is 0.336. The summed E-state index contributed by atoms with van der Waals surface area (Å²) in [5.41, 5.74) is 0. The minimum atomic E-state index is -0.612. The smallest absolute Gasteiger partial charge is 0.605 e. The van der Waals surface area contributed by atoms with Gasteiger partial charge < -0.3 is 9.84 Å². The third-order valence-corrected chi connectivity index (χ3v) is 0.652.